The topological polar surface area (TPSA) is 92.5 Å². The van der Waals surface area contributed by atoms with E-state index in [-0.39, 0.29) is 24.2 Å². The molecule has 2 aliphatic rings. The Morgan fingerprint density at radius 2 is 1.95 bits per heavy atom. The van der Waals surface area contributed by atoms with E-state index in [0.29, 0.717) is 25.4 Å². The quantitative estimate of drug-likeness (QED) is 0.750. The Morgan fingerprint density at radius 1 is 1.25 bits per heavy atom. The average molecular weight is 303 g/mol. The molecule has 1 heterocycles. The fourth-order valence-corrected chi connectivity index (χ4v) is 4.66. The van der Waals surface area contributed by atoms with E-state index in [4.69, 9.17) is 5.73 Å². The van der Waals surface area contributed by atoms with Crippen molar-refractivity contribution in [2.45, 2.75) is 44.6 Å². The number of hydrogen-bond donors (Lipinski definition) is 2. The first-order valence-corrected chi connectivity index (χ1v) is 9.11. The highest BCUT2D eigenvalue weighted by molar-refractivity contribution is 7.89. The van der Waals surface area contributed by atoms with Gasteiger partial charge in [0.25, 0.3) is 0 Å². The van der Waals surface area contributed by atoms with Crippen molar-refractivity contribution in [3.8, 4) is 0 Å². The summed E-state index contributed by atoms with van der Waals surface area (Å²) in [5, 5.41) is 2.93. The summed E-state index contributed by atoms with van der Waals surface area (Å²) in [5.41, 5.74) is 5.77. The Labute approximate surface area is 121 Å². The minimum Gasteiger partial charge on any atom is -0.351 e. The van der Waals surface area contributed by atoms with Gasteiger partial charge < -0.3 is 11.1 Å². The molecule has 3 N–H and O–H groups in total. The molecule has 1 atom stereocenters. The van der Waals surface area contributed by atoms with Crippen LogP contribution < -0.4 is 11.1 Å². The Morgan fingerprint density at radius 3 is 2.50 bits per heavy atom. The predicted octanol–water partition coefficient (Wildman–Crippen LogP) is 0.0457. The van der Waals surface area contributed by atoms with Crippen molar-refractivity contribution in [2.24, 2.45) is 11.7 Å². The van der Waals surface area contributed by atoms with Crippen molar-refractivity contribution in [1.29, 1.82) is 0 Å². The number of amides is 1. The molecule has 1 amide bonds. The molecule has 0 aromatic rings. The highest BCUT2D eigenvalue weighted by Gasteiger charge is 2.31. The van der Waals surface area contributed by atoms with Crippen LogP contribution in [0.5, 0.6) is 0 Å². The van der Waals surface area contributed by atoms with E-state index in [1.54, 1.807) is 0 Å². The first-order valence-electron chi connectivity index (χ1n) is 7.50. The van der Waals surface area contributed by atoms with Gasteiger partial charge in [0.15, 0.2) is 0 Å². The Balaban J connectivity index is 1.86. The van der Waals surface area contributed by atoms with Gasteiger partial charge >= 0.3 is 0 Å². The molecule has 1 unspecified atom stereocenters. The number of carbonyl (C=O) groups is 1. The smallest absolute Gasteiger partial charge is 0.235 e. The van der Waals surface area contributed by atoms with E-state index < -0.39 is 10.0 Å². The second-order valence-corrected chi connectivity index (χ2v) is 7.90. The molecule has 2 rings (SSSR count). The van der Waals surface area contributed by atoms with Gasteiger partial charge in [-0.25, -0.2) is 8.42 Å². The maximum Gasteiger partial charge on any atom is 0.235 e. The predicted molar refractivity (Wildman–Crippen MR) is 77.5 cm³/mol. The Kier molecular flexibility index (Phi) is 5.40. The molecule has 1 saturated carbocycles. The monoisotopic (exact) mass is 303 g/mol. The van der Waals surface area contributed by atoms with E-state index in [0.717, 1.165) is 12.8 Å². The van der Waals surface area contributed by atoms with Crippen molar-refractivity contribution in [2.75, 3.05) is 25.4 Å². The maximum atomic E-state index is 12.0. The lowest BCUT2D eigenvalue weighted by molar-refractivity contribution is -0.122. The number of sulfonamides is 1. The molecule has 0 aromatic heterocycles. The van der Waals surface area contributed by atoms with Crippen LogP contribution in [0.1, 0.15) is 38.5 Å². The van der Waals surface area contributed by atoms with Crippen LogP contribution in [-0.2, 0) is 14.8 Å². The van der Waals surface area contributed by atoms with Gasteiger partial charge in [-0.05, 0) is 25.2 Å². The highest BCUT2D eigenvalue weighted by atomic mass is 32.2. The summed E-state index contributed by atoms with van der Waals surface area (Å²) in [6.45, 7) is 0.807. The van der Waals surface area contributed by atoms with E-state index in [1.807, 2.05) is 0 Å². The van der Waals surface area contributed by atoms with Gasteiger partial charge in [-0.15, -0.1) is 0 Å². The maximum absolute atomic E-state index is 12.0. The molecule has 0 bridgehead atoms. The number of carbonyl (C=O) groups excluding carboxylic acids is 1. The molecular weight excluding hydrogens is 278 g/mol. The van der Waals surface area contributed by atoms with Crippen LogP contribution >= 0.6 is 0 Å². The van der Waals surface area contributed by atoms with Gasteiger partial charge in [0.05, 0.1) is 12.3 Å². The lowest BCUT2D eigenvalue weighted by atomic mass is 9.84. The third kappa shape index (κ3) is 3.93. The van der Waals surface area contributed by atoms with Crippen LogP contribution in [0.2, 0.25) is 0 Å². The Hall–Kier alpha value is -0.660. The summed E-state index contributed by atoms with van der Waals surface area (Å²) >= 11 is 0. The molecule has 1 aliphatic heterocycles. The zero-order chi connectivity index (χ0) is 14.6. The molecule has 1 saturated heterocycles. The van der Waals surface area contributed by atoms with E-state index in [2.05, 4.69) is 5.32 Å². The summed E-state index contributed by atoms with van der Waals surface area (Å²) in [7, 11) is -3.21. The number of rotatable bonds is 5. The first kappa shape index (κ1) is 15.7. The fraction of sp³-hybridized carbons (Fsp3) is 0.923. The third-order valence-electron chi connectivity index (χ3n) is 4.34. The second-order valence-electron chi connectivity index (χ2n) is 5.81. The third-order valence-corrected chi connectivity index (χ3v) is 6.25. The Bertz CT molecular complexity index is 432. The summed E-state index contributed by atoms with van der Waals surface area (Å²) in [5.74, 6) is 0.368. The normalized spacial score (nSPS) is 25.4. The molecule has 20 heavy (non-hydrogen) atoms. The molecule has 6 nitrogen and oxygen atoms in total. The number of hydrogen-bond acceptors (Lipinski definition) is 4. The van der Waals surface area contributed by atoms with Crippen molar-refractivity contribution >= 4 is 15.9 Å². The zero-order valence-corrected chi connectivity index (χ0v) is 12.7. The van der Waals surface area contributed by atoms with E-state index in [1.165, 1.54) is 23.6 Å². The fourth-order valence-electron chi connectivity index (χ4n) is 3.19. The zero-order valence-electron chi connectivity index (χ0n) is 11.9. The van der Waals surface area contributed by atoms with Gasteiger partial charge in [-0.1, -0.05) is 19.3 Å². The molecule has 7 heteroatoms. The van der Waals surface area contributed by atoms with Gasteiger partial charge in [-0.2, -0.15) is 4.31 Å². The number of nitrogens with zero attached hydrogens (tertiary/aromatic N) is 1. The first-order chi connectivity index (χ1) is 9.53. The molecule has 116 valence electrons. The van der Waals surface area contributed by atoms with Crippen molar-refractivity contribution < 1.29 is 13.2 Å². The molecular formula is C13H25N3O3S. The van der Waals surface area contributed by atoms with Crippen LogP contribution in [0.4, 0.5) is 0 Å². The van der Waals surface area contributed by atoms with Gasteiger partial charge in [0.2, 0.25) is 15.9 Å². The minimum absolute atomic E-state index is 0.0203. The number of nitrogens with two attached hydrogens (primary N) is 1. The molecule has 0 radical (unpaired) electrons. The van der Waals surface area contributed by atoms with Crippen molar-refractivity contribution in [3.63, 3.8) is 0 Å². The summed E-state index contributed by atoms with van der Waals surface area (Å²) in [4.78, 5) is 12.0. The van der Waals surface area contributed by atoms with Crippen LogP contribution in [0, 0.1) is 5.92 Å². The molecule has 0 spiro atoms. The molecule has 1 aliphatic carbocycles. The van der Waals surface area contributed by atoms with Crippen molar-refractivity contribution in [1.82, 2.24) is 9.62 Å². The van der Waals surface area contributed by atoms with Crippen LogP contribution in [0.3, 0.4) is 0 Å². The summed E-state index contributed by atoms with van der Waals surface area (Å²) in [6.07, 6.45) is 6.45. The molecule has 0 aromatic carbocycles. The van der Waals surface area contributed by atoms with Gasteiger partial charge in [-0.3, -0.25) is 4.79 Å². The largest absolute Gasteiger partial charge is 0.351 e. The lowest BCUT2D eigenvalue weighted by Gasteiger charge is -2.30. The SMILES string of the molecule is NCC(NC(=O)CN1CCCS1(=O)=O)C1CCCCC1. The van der Waals surface area contributed by atoms with Gasteiger partial charge in [0, 0.05) is 19.1 Å². The standard InChI is InChI=1S/C13H25N3O3S/c14-9-12(11-5-2-1-3-6-11)15-13(17)10-16-7-4-8-20(16,18)19/h11-12H,1-10,14H2,(H,15,17). The minimum atomic E-state index is -3.21. The van der Waals surface area contributed by atoms with E-state index in [9.17, 15) is 13.2 Å². The average Bonchev–Trinajstić information content (AvgIpc) is 2.76. The summed E-state index contributed by atoms with van der Waals surface area (Å²) in [6, 6.07) is -0.0203. The van der Waals surface area contributed by atoms with Crippen LogP contribution in [0.25, 0.3) is 0 Å². The van der Waals surface area contributed by atoms with Crippen LogP contribution in [0.15, 0.2) is 0 Å². The summed E-state index contributed by atoms with van der Waals surface area (Å²) < 4.78 is 24.6. The van der Waals surface area contributed by atoms with Crippen LogP contribution in [-0.4, -0.2) is 50.1 Å². The second kappa shape index (κ2) is 6.87. The number of nitrogens with one attached hydrogen (secondary N) is 1. The molecule has 2 fully saturated rings. The van der Waals surface area contributed by atoms with E-state index >= 15 is 0 Å². The van der Waals surface area contributed by atoms with Gasteiger partial charge in [0.1, 0.15) is 0 Å². The van der Waals surface area contributed by atoms with Crippen molar-refractivity contribution in [3.05, 3.63) is 0 Å². The highest BCUT2D eigenvalue weighted by Crippen LogP contribution is 2.26. The lowest BCUT2D eigenvalue weighted by Crippen LogP contribution is -2.49.